The van der Waals surface area contributed by atoms with Crippen LogP contribution in [-0.2, 0) is 9.53 Å². The van der Waals surface area contributed by atoms with Gasteiger partial charge < -0.3 is 10.1 Å². The number of hydrogen-bond donors (Lipinski definition) is 1. The molecule has 1 N–H and O–H groups in total. The van der Waals surface area contributed by atoms with Crippen molar-refractivity contribution in [3.05, 3.63) is 47.4 Å². The van der Waals surface area contributed by atoms with E-state index in [1.54, 1.807) is 0 Å². The number of aromatic nitrogens is 2. The number of hydrogen-bond acceptors (Lipinski definition) is 4. The summed E-state index contributed by atoms with van der Waals surface area (Å²) in [6.45, 7) is 8.95. The summed E-state index contributed by atoms with van der Waals surface area (Å²) in [4.78, 5) is 20.7. The Bertz CT molecular complexity index is 962. The van der Waals surface area contributed by atoms with Crippen molar-refractivity contribution < 1.29 is 14.1 Å². The fraction of sp³-hybridized carbons (Fsp3) is 0.440. The molecule has 1 aliphatic rings. The average Bonchev–Trinajstić information content (AvgIpc) is 2.69. The van der Waals surface area contributed by atoms with Gasteiger partial charge in [-0.25, -0.2) is 14.5 Å². The Labute approximate surface area is 185 Å². The van der Waals surface area contributed by atoms with Gasteiger partial charge in [0.2, 0.25) is 6.41 Å². The Morgan fingerprint density at radius 3 is 2.68 bits per heavy atom. The van der Waals surface area contributed by atoms with Crippen LogP contribution in [0.3, 0.4) is 0 Å². The lowest BCUT2D eigenvalue weighted by Crippen LogP contribution is -2.16. The van der Waals surface area contributed by atoms with Gasteiger partial charge in [0, 0.05) is 23.8 Å². The number of amides is 1. The standard InChI is InChI=1S/C25H32N4O2/c1-18(2)15-29(4)16-23-19(3)27-25(21-7-5-13-31-14-6-8-21)28-24(23)20-9-11-22(12-10-20)26-17-30/h7,9-12,16-18H,5-6,8,13-15H2,1-4H3/p+1. The number of anilines is 1. The summed E-state index contributed by atoms with van der Waals surface area (Å²) >= 11 is 0. The van der Waals surface area contributed by atoms with Gasteiger partial charge in [0.25, 0.3) is 0 Å². The van der Waals surface area contributed by atoms with Crippen LogP contribution in [-0.4, -0.2) is 54.0 Å². The second kappa shape index (κ2) is 11.0. The van der Waals surface area contributed by atoms with E-state index in [1.165, 1.54) is 5.57 Å². The molecule has 1 aromatic heterocycles. The summed E-state index contributed by atoms with van der Waals surface area (Å²) in [6, 6.07) is 7.79. The highest BCUT2D eigenvalue weighted by atomic mass is 16.5. The van der Waals surface area contributed by atoms with E-state index in [1.807, 2.05) is 24.3 Å². The molecule has 6 nitrogen and oxygen atoms in total. The second-order valence-corrected chi connectivity index (χ2v) is 8.43. The number of allylic oxidation sites excluding steroid dienone is 1. The van der Waals surface area contributed by atoms with Crippen molar-refractivity contribution in [1.82, 2.24) is 9.97 Å². The summed E-state index contributed by atoms with van der Waals surface area (Å²) in [5.41, 5.74) is 5.85. The van der Waals surface area contributed by atoms with Crippen molar-refractivity contribution in [2.24, 2.45) is 5.92 Å². The zero-order chi connectivity index (χ0) is 22.2. The first-order valence-electron chi connectivity index (χ1n) is 11.0. The van der Waals surface area contributed by atoms with E-state index >= 15 is 0 Å². The molecule has 1 amide bonds. The van der Waals surface area contributed by atoms with Crippen LogP contribution >= 0.6 is 0 Å². The molecule has 1 aromatic carbocycles. The molecule has 0 spiro atoms. The number of nitrogens with zero attached hydrogens (tertiary/aromatic N) is 3. The van der Waals surface area contributed by atoms with Gasteiger partial charge in [-0.2, -0.15) is 0 Å². The third-order valence-corrected chi connectivity index (χ3v) is 5.20. The first-order chi connectivity index (χ1) is 15.0. The van der Waals surface area contributed by atoms with Crippen LogP contribution in [0.5, 0.6) is 0 Å². The van der Waals surface area contributed by atoms with Crippen LogP contribution < -0.4 is 5.32 Å². The summed E-state index contributed by atoms with van der Waals surface area (Å²) in [6.07, 6.45) is 7.81. The largest absolute Gasteiger partial charge is 0.381 e. The zero-order valence-electron chi connectivity index (χ0n) is 19.0. The maximum Gasteiger partial charge on any atom is 0.211 e. The van der Waals surface area contributed by atoms with E-state index in [0.717, 1.165) is 73.0 Å². The normalized spacial score (nSPS) is 15.3. The third kappa shape index (κ3) is 6.31. The highest BCUT2D eigenvalue weighted by Gasteiger charge is 2.18. The molecule has 164 valence electrons. The number of carbonyl (C=O) groups is 1. The molecule has 6 heteroatoms. The number of nitrogens with one attached hydrogen (secondary N) is 1. The van der Waals surface area contributed by atoms with Gasteiger partial charge in [-0.05, 0) is 43.9 Å². The molecule has 1 aliphatic heterocycles. The Morgan fingerprint density at radius 2 is 1.97 bits per heavy atom. The van der Waals surface area contributed by atoms with Crippen molar-refractivity contribution in [3.8, 4) is 11.3 Å². The zero-order valence-corrected chi connectivity index (χ0v) is 19.0. The van der Waals surface area contributed by atoms with E-state index < -0.39 is 0 Å². The molecule has 2 aromatic rings. The van der Waals surface area contributed by atoms with Crippen molar-refractivity contribution in [3.63, 3.8) is 0 Å². The second-order valence-electron chi connectivity index (χ2n) is 8.43. The highest BCUT2D eigenvalue weighted by Crippen LogP contribution is 2.28. The molecule has 0 saturated heterocycles. The average molecular weight is 422 g/mol. The van der Waals surface area contributed by atoms with Gasteiger partial charge >= 0.3 is 0 Å². The smallest absolute Gasteiger partial charge is 0.211 e. The number of benzene rings is 1. The van der Waals surface area contributed by atoms with Crippen molar-refractivity contribution in [2.45, 2.75) is 40.0 Å². The quantitative estimate of drug-likeness (QED) is 0.411. The summed E-state index contributed by atoms with van der Waals surface area (Å²) in [7, 11) is 2.09. The molecule has 0 saturated carbocycles. The molecule has 0 radical (unpaired) electrons. The molecule has 0 atom stereocenters. The molecule has 0 bridgehead atoms. The molecule has 0 aliphatic carbocycles. The Morgan fingerprint density at radius 1 is 1.19 bits per heavy atom. The topological polar surface area (TPSA) is 67.1 Å². The Balaban J connectivity index is 2.10. The van der Waals surface area contributed by atoms with Gasteiger partial charge in [-0.3, -0.25) is 4.79 Å². The Hall–Kier alpha value is -2.86. The molecule has 3 rings (SSSR count). The van der Waals surface area contributed by atoms with Crippen LogP contribution in [0.4, 0.5) is 5.69 Å². The summed E-state index contributed by atoms with van der Waals surface area (Å²) in [5.74, 6) is 1.36. The predicted octanol–water partition coefficient (Wildman–Crippen LogP) is 4.32. The Kier molecular flexibility index (Phi) is 8.06. The summed E-state index contributed by atoms with van der Waals surface area (Å²) in [5, 5.41) is 2.69. The third-order valence-electron chi connectivity index (χ3n) is 5.20. The van der Waals surface area contributed by atoms with Crippen LogP contribution in [0.1, 0.15) is 50.2 Å². The minimum Gasteiger partial charge on any atom is -0.381 e. The first kappa shape index (κ1) is 22.8. The number of carbonyl (C=O) groups excluding carboxylic acids is 1. The van der Waals surface area contributed by atoms with Crippen molar-refractivity contribution in [1.29, 1.82) is 0 Å². The monoisotopic (exact) mass is 421 g/mol. The van der Waals surface area contributed by atoms with E-state index in [0.29, 0.717) is 12.3 Å². The van der Waals surface area contributed by atoms with Gasteiger partial charge in [0.05, 0.1) is 23.6 Å². The van der Waals surface area contributed by atoms with Crippen LogP contribution in [0.2, 0.25) is 0 Å². The maximum atomic E-state index is 10.8. The first-order valence-corrected chi connectivity index (χ1v) is 11.0. The summed E-state index contributed by atoms with van der Waals surface area (Å²) < 4.78 is 7.78. The SMILES string of the molecule is Cc1nc(C2=CCCOCCC2)nc(-c2ccc(NC=O)cc2)c1C=[N+](C)CC(C)C. The van der Waals surface area contributed by atoms with Gasteiger partial charge in [-0.15, -0.1) is 0 Å². The lowest BCUT2D eigenvalue weighted by molar-refractivity contribution is -0.498. The lowest BCUT2D eigenvalue weighted by Gasteiger charge is -2.15. The van der Waals surface area contributed by atoms with Crippen LogP contribution in [0.15, 0.2) is 30.3 Å². The molecule has 2 heterocycles. The van der Waals surface area contributed by atoms with Gasteiger partial charge in [0.1, 0.15) is 13.6 Å². The molecular formula is C25H33N4O2+. The molecule has 0 unspecified atom stereocenters. The van der Waals surface area contributed by atoms with Crippen LogP contribution in [0.25, 0.3) is 16.8 Å². The van der Waals surface area contributed by atoms with Crippen LogP contribution in [0, 0.1) is 12.8 Å². The van der Waals surface area contributed by atoms with E-state index in [2.05, 4.69) is 50.0 Å². The van der Waals surface area contributed by atoms with E-state index in [-0.39, 0.29) is 0 Å². The van der Waals surface area contributed by atoms with E-state index in [9.17, 15) is 4.79 Å². The predicted molar refractivity (Wildman–Crippen MR) is 126 cm³/mol. The van der Waals surface area contributed by atoms with E-state index in [4.69, 9.17) is 14.7 Å². The lowest BCUT2D eigenvalue weighted by atomic mass is 10.0. The number of rotatable bonds is 7. The van der Waals surface area contributed by atoms with Gasteiger partial charge in [0.15, 0.2) is 12.0 Å². The molecule has 31 heavy (non-hydrogen) atoms. The van der Waals surface area contributed by atoms with Gasteiger partial charge in [-0.1, -0.05) is 32.1 Å². The molecule has 0 fully saturated rings. The fourth-order valence-electron chi connectivity index (χ4n) is 3.83. The molecular weight excluding hydrogens is 388 g/mol. The number of aryl methyl sites for hydroxylation is 1. The number of ether oxygens (including phenoxy) is 1. The minimum atomic E-state index is 0.557. The highest BCUT2D eigenvalue weighted by molar-refractivity contribution is 5.88. The van der Waals surface area contributed by atoms with Crippen molar-refractivity contribution >= 4 is 23.9 Å². The fourth-order valence-corrected chi connectivity index (χ4v) is 3.83. The maximum absolute atomic E-state index is 10.8. The van der Waals surface area contributed by atoms with Crippen molar-refractivity contribution in [2.75, 3.05) is 32.1 Å². The minimum absolute atomic E-state index is 0.557.